The van der Waals surface area contributed by atoms with Gasteiger partial charge in [-0.05, 0) is 13.0 Å². The van der Waals surface area contributed by atoms with Crippen molar-refractivity contribution in [1.29, 1.82) is 5.26 Å². The van der Waals surface area contributed by atoms with Gasteiger partial charge < -0.3 is 0 Å². The molecule has 0 aliphatic carbocycles. The first-order valence-corrected chi connectivity index (χ1v) is 3.95. The monoisotopic (exact) mass is 169 g/mol. The van der Waals surface area contributed by atoms with Crippen LogP contribution in [-0.4, -0.2) is 9.97 Å². The minimum Gasteiger partial charge on any atom is -0.224 e. The molecule has 2 rings (SSSR count). The van der Waals surface area contributed by atoms with Crippen LogP contribution in [0.2, 0.25) is 0 Å². The molecule has 0 saturated heterocycles. The Hall–Kier alpha value is -1.95. The van der Waals surface area contributed by atoms with Gasteiger partial charge in [0.25, 0.3) is 0 Å². The normalized spacial score (nSPS) is 9.85. The van der Waals surface area contributed by atoms with E-state index in [0.29, 0.717) is 0 Å². The molecule has 0 fully saturated rings. The quantitative estimate of drug-likeness (QED) is 0.604. The average molecular weight is 169 g/mol. The zero-order valence-electron chi connectivity index (χ0n) is 7.15. The SMILES string of the molecule is Cc1nc(C#N)nc2ccccc12. The molecule has 0 atom stereocenters. The van der Waals surface area contributed by atoms with Crippen LogP contribution in [0.5, 0.6) is 0 Å². The lowest BCUT2D eigenvalue weighted by atomic mass is 10.2. The minimum absolute atomic E-state index is 0.233. The van der Waals surface area contributed by atoms with Gasteiger partial charge in [-0.1, -0.05) is 18.2 Å². The molecule has 0 bridgehead atoms. The van der Waals surface area contributed by atoms with Gasteiger partial charge in [0.1, 0.15) is 6.07 Å². The fourth-order valence-corrected chi connectivity index (χ4v) is 1.29. The van der Waals surface area contributed by atoms with Gasteiger partial charge in [-0.15, -0.1) is 0 Å². The molecule has 3 nitrogen and oxygen atoms in total. The Balaban J connectivity index is 2.86. The third-order valence-corrected chi connectivity index (χ3v) is 1.89. The first-order chi connectivity index (χ1) is 6.31. The maximum absolute atomic E-state index is 8.65. The van der Waals surface area contributed by atoms with Crippen LogP contribution in [0.3, 0.4) is 0 Å². The minimum atomic E-state index is 0.233. The molecule has 3 heteroatoms. The van der Waals surface area contributed by atoms with Gasteiger partial charge >= 0.3 is 0 Å². The van der Waals surface area contributed by atoms with Gasteiger partial charge in [0.05, 0.1) is 5.52 Å². The Morgan fingerprint density at radius 1 is 1.23 bits per heavy atom. The molecule has 2 aromatic rings. The van der Waals surface area contributed by atoms with Gasteiger partial charge in [-0.25, -0.2) is 9.97 Å². The summed E-state index contributed by atoms with van der Waals surface area (Å²) in [6.07, 6.45) is 0. The number of aromatic nitrogens is 2. The molecule has 0 amide bonds. The number of nitriles is 1. The van der Waals surface area contributed by atoms with Crippen molar-refractivity contribution in [2.45, 2.75) is 6.92 Å². The second kappa shape index (κ2) is 2.83. The molecule has 1 heterocycles. The molecule has 0 saturated carbocycles. The van der Waals surface area contributed by atoms with E-state index in [4.69, 9.17) is 5.26 Å². The largest absolute Gasteiger partial charge is 0.233 e. The zero-order valence-corrected chi connectivity index (χ0v) is 7.15. The summed E-state index contributed by atoms with van der Waals surface area (Å²) >= 11 is 0. The standard InChI is InChI=1S/C10H7N3/c1-7-8-4-2-3-5-9(8)13-10(6-11)12-7/h2-5H,1H3. The highest BCUT2D eigenvalue weighted by molar-refractivity contribution is 5.80. The molecule has 0 radical (unpaired) electrons. The summed E-state index contributed by atoms with van der Waals surface area (Å²) in [5.41, 5.74) is 1.67. The molecular weight excluding hydrogens is 162 g/mol. The third kappa shape index (κ3) is 1.23. The molecule has 0 N–H and O–H groups in total. The first-order valence-electron chi connectivity index (χ1n) is 3.95. The van der Waals surface area contributed by atoms with Crippen LogP contribution in [-0.2, 0) is 0 Å². The summed E-state index contributed by atoms with van der Waals surface area (Å²) in [5.74, 6) is 0.233. The smallest absolute Gasteiger partial charge is 0.224 e. The molecule has 13 heavy (non-hydrogen) atoms. The predicted molar refractivity (Wildman–Crippen MR) is 49.0 cm³/mol. The van der Waals surface area contributed by atoms with Crippen LogP contribution in [0, 0.1) is 18.3 Å². The van der Waals surface area contributed by atoms with Crippen molar-refractivity contribution in [3.05, 3.63) is 35.8 Å². The summed E-state index contributed by atoms with van der Waals surface area (Å²) < 4.78 is 0. The van der Waals surface area contributed by atoms with E-state index in [-0.39, 0.29) is 5.82 Å². The molecule has 1 aromatic carbocycles. The van der Waals surface area contributed by atoms with Crippen LogP contribution in [0.1, 0.15) is 11.5 Å². The Labute approximate surface area is 75.7 Å². The van der Waals surface area contributed by atoms with Crippen LogP contribution in [0.15, 0.2) is 24.3 Å². The van der Waals surface area contributed by atoms with E-state index < -0.39 is 0 Å². The van der Waals surface area contributed by atoms with Crippen molar-refractivity contribution in [2.75, 3.05) is 0 Å². The molecule has 0 unspecified atom stereocenters. The maximum Gasteiger partial charge on any atom is 0.233 e. The number of aryl methyl sites for hydroxylation is 1. The molecule has 1 aromatic heterocycles. The van der Waals surface area contributed by atoms with Gasteiger partial charge in [-0.3, -0.25) is 0 Å². The molecule has 0 aliphatic rings. The Kier molecular flexibility index (Phi) is 1.67. The number of fused-ring (bicyclic) bond motifs is 1. The second-order valence-electron chi connectivity index (χ2n) is 2.76. The van der Waals surface area contributed by atoms with E-state index in [0.717, 1.165) is 16.6 Å². The average Bonchev–Trinajstić information content (AvgIpc) is 2.18. The number of para-hydroxylation sites is 1. The summed E-state index contributed by atoms with van der Waals surface area (Å²) in [7, 11) is 0. The number of hydrogen-bond donors (Lipinski definition) is 0. The first kappa shape index (κ1) is 7.69. The van der Waals surface area contributed by atoms with E-state index >= 15 is 0 Å². The number of hydrogen-bond acceptors (Lipinski definition) is 3. The number of nitrogens with zero attached hydrogens (tertiary/aromatic N) is 3. The van der Waals surface area contributed by atoms with Gasteiger partial charge in [0.15, 0.2) is 0 Å². The highest BCUT2D eigenvalue weighted by Crippen LogP contribution is 2.13. The number of benzene rings is 1. The third-order valence-electron chi connectivity index (χ3n) is 1.89. The molecule has 62 valence electrons. The molecule has 0 aliphatic heterocycles. The summed E-state index contributed by atoms with van der Waals surface area (Å²) in [6, 6.07) is 9.60. The molecular formula is C10H7N3. The van der Waals surface area contributed by atoms with E-state index in [2.05, 4.69) is 9.97 Å². The Bertz CT molecular complexity index is 497. The summed E-state index contributed by atoms with van der Waals surface area (Å²) in [5, 5.41) is 9.65. The topological polar surface area (TPSA) is 49.6 Å². The van der Waals surface area contributed by atoms with Gasteiger partial charge in [0, 0.05) is 11.1 Å². The Morgan fingerprint density at radius 2 is 2.00 bits per heavy atom. The fourth-order valence-electron chi connectivity index (χ4n) is 1.29. The van der Waals surface area contributed by atoms with Crippen molar-refractivity contribution >= 4 is 10.9 Å². The van der Waals surface area contributed by atoms with Crippen molar-refractivity contribution in [3.8, 4) is 6.07 Å². The molecule has 0 spiro atoms. The van der Waals surface area contributed by atoms with Crippen molar-refractivity contribution in [3.63, 3.8) is 0 Å². The van der Waals surface area contributed by atoms with Crippen LogP contribution in [0.25, 0.3) is 10.9 Å². The lowest BCUT2D eigenvalue weighted by Gasteiger charge is -1.99. The second-order valence-corrected chi connectivity index (χ2v) is 2.76. The summed E-state index contributed by atoms with van der Waals surface area (Å²) in [4.78, 5) is 8.13. The highest BCUT2D eigenvalue weighted by Gasteiger charge is 2.01. The summed E-state index contributed by atoms with van der Waals surface area (Å²) in [6.45, 7) is 1.88. The lowest BCUT2D eigenvalue weighted by molar-refractivity contribution is 1.10. The van der Waals surface area contributed by atoms with Crippen LogP contribution < -0.4 is 0 Å². The van der Waals surface area contributed by atoms with Gasteiger partial charge in [-0.2, -0.15) is 5.26 Å². The van der Waals surface area contributed by atoms with Crippen molar-refractivity contribution < 1.29 is 0 Å². The van der Waals surface area contributed by atoms with Gasteiger partial charge in [0.2, 0.25) is 5.82 Å². The van der Waals surface area contributed by atoms with E-state index in [1.54, 1.807) is 0 Å². The zero-order chi connectivity index (χ0) is 9.26. The number of rotatable bonds is 0. The van der Waals surface area contributed by atoms with E-state index in [1.165, 1.54) is 0 Å². The fraction of sp³-hybridized carbons (Fsp3) is 0.100. The van der Waals surface area contributed by atoms with Crippen LogP contribution in [0.4, 0.5) is 0 Å². The Morgan fingerprint density at radius 3 is 2.77 bits per heavy atom. The van der Waals surface area contributed by atoms with Crippen LogP contribution >= 0.6 is 0 Å². The van der Waals surface area contributed by atoms with Crippen molar-refractivity contribution in [1.82, 2.24) is 9.97 Å². The predicted octanol–water partition coefficient (Wildman–Crippen LogP) is 1.81. The van der Waals surface area contributed by atoms with Crippen molar-refractivity contribution in [2.24, 2.45) is 0 Å². The van der Waals surface area contributed by atoms with E-state index in [1.807, 2.05) is 37.3 Å². The highest BCUT2D eigenvalue weighted by atomic mass is 14.9. The maximum atomic E-state index is 8.65. The lowest BCUT2D eigenvalue weighted by Crippen LogP contribution is -1.93. The van der Waals surface area contributed by atoms with E-state index in [9.17, 15) is 0 Å².